The molecular weight excluding hydrogens is 300 g/mol. The molecule has 0 aliphatic rings. The Morgan fingerprint density at radius 2 is 2.27 bits per heavy atom. The molecule has 3 aromatic rings. The summed E-state index contributed by atoms with van der Waals surface area (Å²) in [6.45, 7) is 2.79. The van der Waals surface area contributed by atoms with Crippen molar-refractivity contribution in [1.82, 2.24) is 10.1 Å². The molecule has 22 heavy (non-hydrogen) atoms. The summed E-state index contributed by atoms with van der Waals surface area (Å²) in [6.07, 6.45) is 2.42. The lowest BCUT2D eigenvalue weighted by Crippen LogP contribution is -2.32. The van der Waals surface area contributed by atoms with Crippen LogP contribution in [0.15, 0.2) is 50.9 Å². The van der Waals surface area contributed by atoms with Crippen molar-refractivity contribution in [3.05, 3.63) is 64.1 Å². The van der Waals surface area contributed by atoms with Crippen LogP contribution < -0.4 is 0 Å². The molecule has 3 heterocycles. The van der Waals surface area contributed by atoms with Gasteiger partial charge in [-0.3, -0.25) is 4.79 Å². The fourth-order valence-corrected chi connectivity index (χ4v) is 2.87. The van der Waals surface area contributed by atoms with Crippen molar-refractivity contribution >= 4 is 17.2 Å². The summed E-state index contributed by atoms with van der Waals surface area (Å²) in [4.78, 5) is 15.6. The number of hydrogen-bond donors (Lipinski definition) is 0. The molecule has 0 aliphatic carbocycles. The Bertz CT molecular complexity index is 717. The molecule has 114 valence electrons. The third kappa shape index (κ3) is 3.46. The van der Waals surface area contributed by atoms with Crippen LogP contribution in [0, 0.1) is 6.92 Å². The molecule has 6 heteroatoms. The highest BCUT2D eigenvalue weighted by Crippen LogP contribution is 2.14. The number of aryl methyl sites for hydroxylation is 1. The zero-order valence-electron chi connectivity index (χ0n) is 12.2. The van der Waals surface area contributed by atoms with Gasteiger partial charge in [-0.2, -0.15) is 0 Å². The van der Waals surface area contributed by atoms with Crippen molar-refractivity contribution in [3.63, 3.8) is 0 Å². The SMILES string of the molecule is Cc1cc(C(=O)N(CCc2cccs2)Cc2ccco2)no1. The van der Waals surface area contributed by atoms with Crippen LogP contribution in [0.1, 0.15) is 26.9 Å². The van der Waals surface area contributed by atoms with Gasteiger partial charge in [0.1, 0.15) is 11.5 Å². The number of hydrogen-bond acceptors (Lipinski definition) is 5. The quantitative estimate of drug-likeness (QED) is 0.698. The molecule has 3 rings (SSSR count). The molecule has 3 aromatic heterocycles. The van der Waals surface area contributed by atoms with Crippen molar-refractivity contribution in [2.24, 2.45) is 0 Å². The maximum absolute atomic E-state index is 12.6. The summed E-state index contributed by atoms with van der Waals surface area (Å²) in [5, 5.41) is 5.85. The van der Waals surface area contributed by atoms with Crippen LogP contribution in [-0.4, -0.2) is 22.5 Å². The highest BCUT2D eigenvalue weighted by molar-refractivity contribution is 7.09. The van der Waals surface area contributed by atoms with E-state index in [1.54, 1.807) is 35.5 Å². The first-order valence-corrected chi connectivity index (χ1v) is 7.87. The van der Waals surface area contributed by atoms with E-state index in [-0.39, 0.29) is 5.91 Å². The molecule has 0 N–H and O–H groups in total. The molecule has 0 aliphatic heterocycles. The number of carbonyl (C=O) groups excluding carboxylic acids is 1. The lowest BCUT2D eigenvalue weighted by molar-refractivity contribution is 0.0723. The van der Waals surface area contributed by atoms with Gasteiger partial charge in [0.05, 0.1) is 12.8 Å². The van der Waals surface area contributed by atoms with Crippen LogP contribution in [0.3, 0.4) is 0 Å². The number of furan rings is 1. The number of carbonyl (C=O) groups is 1. The Hall–Kier alpha value is -2.34. The maximum Gasteiger partial charge on any atom is 0.276 e. The molecule has 0 radical (unpaired) electrons. The second kappa shape index (κ2) is 6.62. The van der Waals surface area contributed by atoms with E-state index in [1.165, 1.54) is 4.88 Å². The molecular formula is C16H16N2O3S. The second-order valence-corrected chi connectivity index (χ2v) is 5.99. The summed E-state index contributed by atoms with van der Waals surface area (Å²) in [7, 11) is 0. The average Bonchev–Trinajstić information content (AvgIpc) is 3.25. The van der Waals surface area contributed by atoms with Gasteiger partial charge in [-0.25, -0.2) is 0 Å². The van der Waals surface area contributed by atoms with Crippen molar-refractivity contribution in [2.45, 2.75) is 19.9 Å². The van der Waals surface area contributed by atoms with Crippen molar-refractivity contribution < 1.29 is 13.7 Å². The lowest BCUT2D eigenvalue weighted by Gasteiger charge is -2.20. The first kappa shape index (κ1) is 14.6. The first-order chi connectivity index (χ1) is 10.7. The monoisotopic (exact) mass is 316 g/mol. The fraction of sp³-hybridized carbons (Fsp3) is 0.250. The predicted octanol–water partition coefficient (Wildman–Crippen LogP) is 3.52. The van der Waals surface area contributed by atoms with Crippen LogP contribution in [-0.2, 0) is 13.0 Å². The van der Waals surface area contributed by atoms with Crippen LogP contribution >= 0.6 is 11.3 Å². The van der Waals surface area contributed by atoms with E-state index in [0.717, 1.165) is 12.2 Å². The Balaban J connectivity index is 1.74. The molecule has 0 atom stereocenters. The average molecular weight is 316 g/mol. The fourth-order valence-electron chi connectivity index (χ4n) is 2.17. The second-order valence-electron chi connectivity index (χ2n) is 4.96. The van der Waals surface area contributed by atoms with Gasteiger partial charge in [0.15, 0.2) is 5.69 Å². The van der Waals surface area contributed by atoms with Crippen molar-refractivity contribution in [3.8, 4) is 0 Å². The Labute approximate surface area is 132 Å². The topological polar surface area (TPSA) is 59.5 Å². The highest BCUT2D eigenvalue weighted by atomic mass is 32.1. The smallest absolute Gasteiger partial charge is 0.276 e. The molecule has 0 bridgehead atoms. The number of rotatable bonds is 6. The number of thiophene rings is 1. The first-order valence-electron chi connectivity index (χ1n) is 7.00. The van der Waals surface area contributed by atoms with E-state index >= 15 is 0 Å². The van der Waals surface area contributed by atoms with Gasteiger partial charge in [-0.1, -0.05) is 11.2 Å². The van der Waals surface area contributed by atoms with Crippen LogP contribution in [0.5, 0.6) is 0 Å². The molecule has 0 saturated carbocycles. The molecule has 1 amide bonds. The summed E-state index contributed by atoms with van der Waals surface area (Å²) in [5.74, 6) is 1.23. The van der Waals surface area contributed by atoms with Gasteiger partial charge in [0.25, 0.3) is 5.91 Å². The molecule has 0 unspecified atom stereocenters. The summed E-state index contributed by atoms with van der Waals surface area (Å²) < 4.78 is 10.4. The molecule has 0 spiro atoms. The Morgan fingerprint density at radius 3 is 2.91 bits per heavy atom. The minimum absolute atomic E-state index is 0.148. The maximum atomic E-state index is 12.6. The predicted molar refractivity (Wildman–Crippen MR) is 82.7 cm³/mol. The normalized spacial score (nSPS) is 10.8. The zero-order chi connectivity index (χ0) is 15.4. The van der Waals surface area contributed by atoms with E-state index in [2.05, 4.69) is 11.2 Å². The van der Waals surface area contributed by atoms with E-state index in [0.29, 0.717) is 24.5 Å². The van der Waals surface area contributed by atoms with E-state index in [1.807, 2.05) is 23.6 Å². The van der Waals surface area contributed by atoms with E-state index in [9.17, 15) is 4.79 Å². The van der Waals surface area contributed by atoms with Gasteiger partial charge >= 0.3 is 0 Å². The number of nitrogens with zero attached hydrogens (tertiary/aromatic N) is 2. The number of aromatic nitrogens is 1. The van der Waals surface area contributed by atoms with Crippen molar-refractivity contribution in [2.75, 3.05) is 6.54 Å². The van der Waals surface area contributed by atoms with Gasteiger partial charge in [-0.15, -0.1) is 11.3 Å². The van der Waals surface area contributed by atoms with Crippen LogP contribution in [0.2, 0.25) is 0 Å². The third-order valence-electron chi connectivity index (χ3n) is 3.27. The van der Waals surface area contributed by atoms with E-state index < -0.39 is 0 Å². The molecule has 5 nitrogen and oxygen atoms in total. The summed E-state index contributed by atoms with van der Waals surface area (Å²) in [5.41, 5.74) is 0.329. The van der Waals surface area contributed by atoms with Crippen LogP contribution in [0.4, 0.5) is 0 Å². The van der Waals surface area contributed by atoms with E-state index in [4.69, 9.17) is 8.94 Å². The van der Waals surface area contributed by atoms with Gasteiger partial charge in [-0.05, 0) is 36.9 Å². The third-order valence-corrected chi connectivity index (χ3v) is 4.21. The standard InChI is InChI=1S/C16H16N2O3S/c1-12-10-15(17-21-12)16(19)18(11-13-4-2-8-20-13)7-6-14-5-3-9-22-14/h2-5,8-10H,6-7,11H2,1H3. The highest BCUT2D eigenvalue weighted by Gasteiger charge is 2.20. The summed E-state index contributed by atoms with van der Waals surface area (Å²) >= 11 is 1.69. The van der Waals surface area contributed by atoms with Gasteiger partial charge < -0.3 is 13.8 Å². The minimum Gasteiger partial charge on any atom is -0.467 e. The largest absolute Gasteiger partial charge is 0.467 e. The van der Waals surface area contributed by atoms with Crippen molar-refractivity contribution in [1.29, 1.82) is 0 Å². The Kier molecular flexibility index (Phi) is 4.39. The van der Waals surface area contributed by atoms with Gasteiger partial charge in [0, 0.05) is 17.5 Å². The molecule has 0 aromatic carbocycles. The zero-order valence-corrected chi connectivity index (χ0v) is 13.0. The number of amides is 1. The molecule has 0 saturated heterocycles. The minimum atomic E-state index is -0.148. The summed E-state index contributed by atoms with van der Waals surface area (Å²) in [6, 6.07) is 9.42. The van der Waals surface area contributed by atoms with Crippen LogP contribution in [0.25, 0.3) is 0 Å². The molecule has 0 fully saturated rings. The lowest BCUT2D eigenvalue weighted by atomic mass is 10.2. The van der Waals surface area contributed by atoms with Gasteiger partial charge in [0.2, 0.25) is 0 Å². The Morgan fingerprint density at radius 1 is 1.36 bits per heavy atom.